The molecule has 1 unspecified atom stereocenters. The van der Waals surface area contributed by atoms with Crippen molar-refractivity contribution in [2.75, 3.05) is 26.3 Å². The maximum Gasteiger partial charge on any atom is 0.304 e. The van der Waals surface area contributed by atoms with Crippen LogP contribution in [0.5, 0.6) is 0 Å². The van der Waals surface area contributed by atoms with Gasteiger partial charge in [0, 0.05) is 19.2 Å². The van der Waals surface area contributed by atoms with Crippen LogP contribution in [-0.4, -0.2) is 48.3 Å². The highest BCUT2D eigenvalue weighted by atomic mass is 16.5. The van der Waals surface area contributed by atoms with E-state index in [1.165, 1.54) is 0 Å². The smallest absolute Gasteiger partial charge is 0.304 e. The zero-order chi connectivity index (χ0) is 12.6. The van der Waals surface area contributed by atoms with Crippen molar-refractivity contribution in [3.63, 3.8) is 0 Å². The van der Waals surface area contributed by atoms with Gasteiger partial charge in [-0.15, -0.1) is 0 Å². The molecular weight excluding hydrogens is 206 g/mol. The number of nitrogens with zero attached hydrogens (tertiary/aromatic N) is 1. The van der Waals surface area contributed by atoms with E-state index in [4.69, 9.17) is 9.84 Å². The van der Waals surface area contributed by atoms with Crippen LogP contribution in [-0.2, 0) is 9.53 Å². The first kappa shape index (κ1) is 15.4. The van der Waals surface area contributed by atoms with E-state index >= 15 is 0 Å². The van der Waals surface area contributed by atoms with Gasteiger partial charge in [0.25, 0.3) is 0 Å². The van der Waals surface area contributed by atoms with Crippen molar-refractivity contribution in [3.8, 4) is 0 Å². The second-order valence-corrected chi connectivity index (χ2v) is 4.54. The maximum atomic E-state index is 10.6. The molecule has 0 heterocycles. The van der Waals surface area contributed by atoms with Crippen LogP contribution in [0.2, 0.25) is 0 Å². The predicted molar refractivity (Wildman–Crippen MR) is 64.6 cm³/mol. The normalized spacial score (nSPS) is 13.4. The minimum atomic E-state index is -0.742. The summed E-state index contributed by atoms with van der Waals surface area (Å²) in [6.45, 7) is 11.3. The summed E-state index contributed by atoms with van der Waals surface area (Å²) in [5.74, 6) is -0.194. The van der Waals surface area contributed by atoms with Crippen molar-refractivity contribution in [1.29, 1.82) is 0 Å². The van der Waals surface area contributed by atoms with Crippen molar-refractivity contribution >= 4 is 5.97 Å². The quantitative estimate of drug-likeness (QED) is 0.615. The molecule has 0 rings (SSSR count). The molecule has 0 amide bonds. The molecule has 0 saturated carbocycles. The molecule has 0 aromatic carbocycles. The summed E-state index contributed by atoms with van der Waals surface area (Å²) in [5.41, 5.74) is 0. The topological polar surface area (TPSA) is 49.8 Å². The Balaban J connectivity index is 3.77. The van der Waals surface area contributed by atoms with Gasteiger partial charge in [0.1, 0.15) is 0 Å². The van der Waals surface area contributed by atoms with E-state index in [0.29, 0.717) is 12.5 Å². The Morgan fingerprint density at radius 1 is 1.38 bits per heavy atom. The number of rotatable bonds is 9. The first-order chi connectivity index (χ1) is 7.47. The highest BCUT2D eigenvalue weighted by molar-refractivity contribution is 5.67. The van der Waals surface area contributed by atoms with Gasteiger partial charge in [-0.3, -0.25) is 9.69 Å². The lowest BCUT2D eigenvalue weighted by Crippen LogP contribution is -2.37. The molecule has 0 spiro atoms. The minimum absolute atomic E-state index is 0.0742. The van der Waals surface area contributed by atoms with Crippen LogP contribution < -0.4 is 0 Å². The van der Waals surface area contributed by atoms with Gasteiger partial charge < -0.3 is 9.84 Å². The number of likely N-dealkylation sites (N-methyl/N-ethyl adjacent to an activating group) is 1. The van der Waals surface area contributed by atoms with E-state index in [1.54, 1.807) is 0 Å². The lowest BCUT2D eigenvalue weighted by molar-refractivity contribution is -0.138. The van der Waals surface area contributed by atoms with Crippen molar-refractivity contribution in [2.24, 2.45) is 5.92 Å². The average molecular weight is 231 g/mol. The number of hydrogen-bond donors (Lipinski definition) is 1. The monoisotopic (exact) mass is 231 g/mol. The molecule has 0 aromatic heterocycles. The molecular formula is C12H25NO3. The lowest BCUT2D eigenvalue weighted by atomic mass is 10.2. The SMILES string of the molecule is CCN(CCOCC(C)C)C(C)CC(=O)O. The summed E-state index contributed by atoms with van der Waals surface area (Å²) in [5, 5.41) is 8.71. The highest BCUT2D eigenvalue weighted by Gasteiger charge is 2.14. The summed E-state index contributed by atoms with van der Waals surface area (Å²) in [6.07, 6.45) is 0.192. The van der Waals surface area contributed by atoms with Crippen LogP contribution in [0.25, 0.3) is 0 Å². The number of carbonyl (C=O) groups is 1. The van der Waals surface area contributed by atoms with E-state index in [2.05, 4.69) is 18.7 Å². The van der Waals surface area contributed by atoms with E-state index in [1.807, 2.05) is 13.8 Å². The summed E-state index contributed by atoms with van der Waals surface area (Å²) >= 11 is 0. The number of aliphatic carboxylic acids is 1. The van der Waals surface area contributed by atoms with Crippen molar-refractivity contribution in [2.45, 2.75) is 40.2 Å². The molecule has 1 N–H and O–H groups in total. The average Bonchev–Trinajstić information content (AvgIpc) is 2.16. The number of hydrogen-bond acceptors (Lipinski definition) is 3. The van der Waals surface area contributed by atoms with E-state index in [0.717, 1.165) is 19.7 Å². The standard InChI is InChI=1S/C12H25NO3/c1-5-13(11(4)8-12(14)15)6-7-16-9-10(2)3/h10-11H,5-9H2,1-4H3,(H,14,15). The Labute approximate surface area is 98.6 Å². The molecule has 0 aliphatic carbocycles. The molecule has 0 radical (unpaired) electrons. The Bertz CT molecular complexity index is 195. The van der Waals surface area contributed by atoms with Gasteiger partial charge in [0.05, 0.1) is 13.0 Å². The Hall–Kier alpha value is -0.610. The molecule has 0 aliphatic rings. The van der Waals surface area contributed by atoms with Gasteiger partial charge in [-0.1, -0.05) is 20.8 Å². The Morgan fingerprint density at radius 3 is 2.44 bits per heavy atom. The van der Waals surface area contributed by atoms with Gasteiger partial charge in [-0.2, -0.15) is 0 Å². The predicted octanol–water partition coefficient (Wildman–Crippen LogP) is 1.84. The first-order valence-corrected chi connectivity index (χ1v) is 6.00. The van der Waals surface area contributed by atoms with Gasteiger partial charge in [-0.05, 0) is 19.4 Å². The van der Waals surface area contributed by atoms with Gasteiger partial charge in [-0.25, -0.2) is 0 Å². The lowest BCUT2D eigenvalue weighted by Gasteiger charge is -2.26. The highest BCUT2D eigenvalue weighted by Crippen LogP contribution is 2.03. The van der Waals surface area contributed by atoms with Gasteiger partial charge >= 0.3 is 5.97 Å². The zero-order valence-corrected chi connectivity index (χ0v) is 10.9. The van der Waals surface area contributed by atoms with Crippen molar-refractivity contribution in [3.05, 3.63) is 0 Å². The van der Waals surface area contributed by atoms with E-state index < -0.39 is 5.97 Å². The second kappa shape index (κ2) is 8.53. The number of carboxylic acid groups (broad SMARTS) is 1. The molecule has 0 aromatic rings. The molecule has 0 fully saturated rings. The fourth-order valence-corrected chi connectivity index (χ4v) is 1.57. The zero-order valence-electron chi connectivity index (χ0n) is 10.9. The van der Waals surface area contributed by atoms with Crippen molar-refractivity contribution in [1.82, 2.24) is 4.90 Å². The van der Waals surface area contributed by atoms with Crippen LogP contribution >= 0.6 is 0 Å². The van der Waals surface area contributed by atoms with E-state index in [9.17, 15) is 4.79 Å². The first-order valence-electron chi connectivity index (χ1n) is 6.00. The summed E-state index contributed by atoms with van der Waals surface area (Å²) < 4.78 is 5.49. The van der Waals surface area contributed by atoms with Crippen LogP contribution in [0, 0.1) is 5.92 Å². The molecule has 0 bridgehead atoms. The minimum Gasteiger partial charge on any atom is -0.481 e. The van der Waals surface area contributed by atoms with Crippen LogP contribution in [0.3, 0.4) is 0 Å². The van der Waals surface area contributed by atoms with Gasteiger partial charge in [0.2, 0.25) is 0 Å². The molecule has 1 atom stereocenters. The fraction of sp³-hybridized carbons (Fsp3) is 0.917. The third-order valence-electron chi connectivity index (χ3n) is 2.47. The summed E-state index contributed by atoms with van der Waals surface area (Å²) in [4.78, 5) is 12.7. The van der Waals surface area contributed by atoms with Gasteiger partial charge in [0.15, 0.2) is 0 Å². The number of carboxylic acids is 1. The Kier molecular flexibility index (Phi) is 8.21. The molecule has 0 aliphatic heterocycles. The molecule has 96 valence electrons. The van der Waals surface area contributed by atoms with Crippen LogP contribution in [0.1, 0.15) is 34.1 Å². The maximum absolute atomic E-state index is 10.6. The molecule has 0 saturated heterocycles. The van der Waals surface area contributed by atoms with Crippen LogP contribution in [0.4, 0.5) is 0 Å². The Morgan fingerprint density at radius 2 is 2.00 bits per heavy atom. The third-order valence-corrected chi connectivity index (χ3v) is 2.47. The summed E-state index contributed by atoms with van der Waals surface area (Å²) in [6, 6.07) is 0.0742. The fourth-order valence-electron chi connectivity index (χ4n) is 1.57. The summed E-state index contributed by atoms with van der Waals surface area (Å²) in [7, 11) is 0. The molecule has 4 heteroatoms. The van der Waals surface area contributed by atoms with Crippen LogP contribution in [0.15, 0.2) is 0 Å². The second-order valence-electron chi connectivity index (χ2n) is 4.54. The molecule has 16 heavy (non-hydrogen) atoms. The van der Waals surface area contributed by atoms with E-state index in [-0.39, 0.29) is 12.5 Å². The largest absolute Gasteiger partial charge is 0.481 e. The number of ether oxygens (including phenoxy) is 1. The third kappa shape index (κ3) is 7.65. The molecule has 4 nitrogen and oxygen atoms in total. The van der Waals surface area contributed by atoms with Crippen molar-refractivity contribution < 1.29 is 14.6 Å².